The highest BCUT2D eigenvalue weighted by Gasteiger charge is 2.11. The number of nitrogens with zero attached hydrogens (tertiary/aromatic N) is 3. The summed E-state index contributed by atoms with van der Waals surface area (Å²) in [5.41, 5.74) is 1.26. The number of methoxy groups -OCH3 is 1. The van der Waals surface area contributed by atoms with Crippen molar-refractivity contribution in [1.29, 1.82) is 0 Å². The number of amides is 1. The van der Waals surface area contributed by atoms with Crippen molar-refractivity contribution in [2.24, 2.45) is 0 Å². The van der Waals surface area contributed by atoms with Crippen molar-refractivity contribution in [3.8, 4) is 0 Å². The summed E-state index contributed by atoms with van der Waals surface area (Å²) in [4.78, 5) is 12.2. The van der Waals surface area contributed by atoms with Gasteiger partial charge in [0.15, 0.2) is 5.65 Å². The van der Waals surface area contributed by atoms with E-state index < -0.39 is 0 Å². The number of hydrogen-bond donors (Lipinski definition) is 1. The molecule has 0 aliphatic rings. The van der Waals surface area contributed by atoms with E-state index in [0.717, 1.165) is 18.0 Å². The van der Waals surface area contributed by atoms with E-state index in [9.17, 15) is 4.79 Å². The van der Waals surface area contributed by atoms with Crippen LogP contribution in [-0.4, -0.2) is 40.8 Å². The fourth-order valence-corrected chi connectivity index (χ4v) is 2.28. The van der Waals surface area contributed by atoms with Gasteiger partial charge >= 0.3 is 0 Å². The Morgan fingerprint density at radius 1 is 1.35 bits per heavy atom. The SMILES string of the molecule is COCCCNC(=O)c1ccc2nnc(Cc3ccco3)n2c1. The second-order valence-electron chi connectivity index (χ2n) is 5.12. The predicted molar refractivity (Wildman–Crippen MR) is 83.3 cm³/mol. The Hall–Kier alpha value is -2.67. The normalized spacial score (nSPS) is 11.0. The molecule has 0 bridgehead atoms. The molecule has 0 aromatic carbocycles. The van der Waals surface area contributed by atoms with E-state index in [1.54, 1.807) is 31.7 Å². The molecule has 23 heavy (non-hydrogen) atoms. The Morgan fingerprint density at radius 2 is 2.26 bits per heavy atom. The molecule has 1 amide bonds. The number of carbonyl (C=O) groups excluding carboxylic acids is 1. The number of fused-ring (bicyclic) bond motifs is 1. The average molecular weight is 314 g/mol. The van der Waals surface area contributed by atoms with Gasteiger partial charge in [-0.3, -0.25) is 9.20 Å². The van der Waals surface area contributed by atoms with Gasteiger partial charge < -0.3 is 14.5 Å². The van der Waals surface area contributed by atoms with Gasteiger partial charge in [0, 0.05) is 26.5 Å². The van der Waals surface area contributed by atoms with Gasteiger partial charge in [-0.05, 0) is 30.7 Å². The highest BCUT2D eigenvalue weighted by Crippen LogP contribution is 2.12. The zero-order valence-corrected chi connectivity index (χ0v) is 12.9. The van der Waals surface area contributed by atoms with E-state index in [2.05, 4.69) is 15.5 Å². The molecule has 120 valence electrons. The fourth-order valence-electron chi connectivity index (χ4n) is 2.28. The van der Waals surface area contributed by atoms with Crippen molar-refractivity contribution in [3.05, 3.63) is 53.9 Å². The number of carbonyl (C=O) groups is 1. The monoisotopic (exact) mass is 314 g/mol. The number of ether oxygens (including phenoxy) is 1. The summed E-state index contributed by atoms with van der Waals surface area (Å²) in [5, 5.41) is 11.1. The van der Waals surface area contributed by atoms with Crippen molar-refractivity contribution >= 4 is 11.6 Å². The largest absolute Gasteiger partial charge is 0.469 e. The zero-order chi connectivity index (χ0) is 16.1. The minimum atomic E-state index is -0.124. The first-order chi connectivity index (χ1) is 11.3. The van der Waals surface area contributed by atoms with Crippen LogP contribution >= 0.6 is 0 Å². The van der Waals surface area contributed by atoms with Gasteiger partial charge in [0.2, 0.25) is 0 Å². The van der Waals surface area contributed by atoms with Crippen molar-refractivity contribution in [2.75, 3.05) is 20.3 Å². The molecule has 0 saturated heterocycles. The molecule has 1 N–H and O–H groups in total. The second kappa shape index (κ2) is 7.06. The van der Waals surface area contributed by atoms with Crippen molar-refractivity contribution in [2.45, 2.75) is 12.8 Å². The lowest BCUT2D eigenvalue weighted by Crippen LogP contribution is -2.25. The van der Waals surface area contributed by atoms with Crippen molar-refractivity contribution in [3.63, 3.8) is 0 Å². The number of hydrogen-bond acceptors (Lipinski definition) is 5. The van der Waals surface area contributed by atoms with E-state index in [1.165, 1.54) is 0 Å². The summed E-state index contributed by atoms with van der Waals surface area (Å²) in [7, 11) is 1.64. The minimum Gasteiger partial charge on any atom is -0.469 e. The predicted octanol–water partition coefficient (Wildman–Crippen LogP) is 1.68. The van der Waals surface area contributed by atoms with Crippen LogP contribution in [0.3, 0.4) is 0 Å². The summed E-state index contributed by atoms with van der Waals surface area (Å²) in [6.07, 6.45) is 4.67. The van der Waals surface area contributed by atoms with E-state index >= 15 is 0 Å². The Labute approximate surface area is 133 Å². The number of rotatable bonds is 7. The van der Waals surface area contributed by atoms with E-state index in [1.807, 2.05) is 16.5 Å². The summed E-state index contributed by atoms with van der Waals surface area (Å²) >= 11 is 0. The van der Waals surface area contributed by atoms with Crippen LogP contribution in [0.15, 0.2) is 41.1 Å². The minimum absolute atomic E-state index is 0.124. The molecule has 0 unspecified atom stereocenters. The van der Waals surface area contributed by atoms with Gasteiger partial charge in [-0.2, -0.15) is 0 Å². The Bertz CT molecular complexity index is 780. The third-order valence-electron chi connectivity index (χ3n) is 3.46. The molecular weight excluding hydrogens is 296 g/mol. The molecule has 7 nitrogen and oxygen atoms in total. The quantitative estimate of drug-likeness (QED) is 0.671. The summed E-state index contributed by atoms with van der Waals surface area (Å²) in [6, 6.07) is 7.24. The van der Waals surface area contributed by atoms with Gasteiger partial charge in [-0.15, -0.1) is 10.2 Å². The molecule has 3 aromatic rings. The highest BCUT2D eigenvalue weighted by molar-refractivity contribution is 5.94. The molecule has 0 saturated carbocycles. The maximum absolute atomic E-state index is 12.2. The Balaban J connectivity index is 1.76. The smallest absolute Gasteiger partial charge is 0.252 e. The molecule has 3 heterocycles. The summed E-state index contributed by atoms with van der Waals surface area (Å²) in [6.45, 7) is 1.20. The van der Waals surface area contributed by atoms with E-state index in [-0.39, 0.29) is 5.91 Å². The molecule has 3 aromatic heterocycles. The van der Waals surface area contributed by atoms with Gasteiger partial charge in [-0.1, -0.05) is 0 Å². The lowest BCUT2D eigenvalue weighted by molar-refractivity contribution is 0.0948. The van der Waals surface area contributed by atoms with Crippen LogP contribution in [0.2, 0.25) is 0 Å². The molecule has 0 spiro atoms. The van der Waals surface area contributed by atoms with Crippen LogP contribution in [0, 0.1) is 0 Å². The zero-order valence-electron chi connectivity index (χ0n) is 12.9. The number of pyridine rings is 1. The van der Waals surface area contributed by atoms with E-state index in [0.29, 0.717) is 30.8 Å². The maximum Gasteiger partial charge on any atom is 0.252 e. The molecule has 0 aliphatic heterocycles. The van der Waals surface area contributed by atoms with Gasteiger partial charge in [0.25, 0.3) is 5.91 Å². The van der Waals surface area contributed by atoms with Gasteiger partial charge in [0.05, 0.1) is 18.2 Å². The van der Waals surface area contributed by atoms with Crippen LogP contribution in [0.4, 0.5) is 0 Å². The Kier molecular flexibility index (Phi) is 4.68. The highest BCUT2D eigenvalue weighted by atomic mass is 16.5. The molecule has 0 aliphatic carbocycles. The fraction of sp³-hybridized carbons (Fsp3) is 0.312. The van der Waals surface area contributed by atoms with Crippen LogP contribution in [0.5, 0.6) is 0 Å². The third kappa shape index (κ3) is 3.57. The molecule has 0 fully saturated rings. The van der Waals surface area contributed by atoms with Crippen LogP contribution in [0.25, 0.3) is 5.65 Å². The molecule has 0 atom stereocenters. The summed E-state index contributed by atoms with van der Waals surface area (Å²) < 4.78 is 12.1. The first-order valence-corrected chi connectivity index (χ1v) is 7.41. The topological polar surface area (TPSA) is 81.7 Å². The maximum atomic E-state index is 12.2. The van der Waals surface area contributed by atoms with Crippen molar-refractivity contribution in [1.82, 2.24) is 19.9 Å². The van der Waals surface area contributed by atoms with Crippen LogP contribution in [0.1, 0.15) is 28.4 Å². The van der Waals surface area contributed by atoms with E-state index in [4.69, 9.17) is 9.15 Å². The van der Waals surface area contributed by atoms with Crippen molar-refractivity contribution < 1.29 is 13.9 Å². The summed E-state index contributed by atoms with van der Waals surface area (Å²) in [5.74, 6) is 1.40. The lowest BCUT2D eigenvalue weighted by atomic mass is 10.2. The molecule has 0 radical (unpaired) electrons. The Morgan fingerprint density at radius 3 is 3.04 bits per heavy atom. The molecular formula is C16H18N4O3. The van der Waals surface area contributed by atoms with Crippen LogP contribution < -0.4 is 5.32 Å². The first kappa shape index (κ1) is 15.2. The van der Waals surface area contributed by atoms with Gasteiger partial charge in [-0.25, -0.2) is 0 Å². The average Bonchev–Trinajstić information content (AvgIpc) is 3.22. The molecule has 7 heteroatoms. The standard InChI is InChI=1S/C16H18N4O3/c1-22-8-3-7-17-16(21)12-5-6-14-18-19-15(20(14)11-12)10-13-4-2-9-23-13/h2,4-6,9,11H,3,7-8,10H2,1H3,(H,17,21). The third-order valence-corrected chi connectivity index (χ3v) is 3.46. The number of nitrogens with one attached hydrogen (secondary N) is 1. The lowest BCUT2D eigenvalue weighted by Gasteiger charge is -2.06. The number of furan rings is 1. The molecule has 3 rings (SSSR count). The van der Waals surface area contributed by atoms with Gasteiger partial charge in [0.1, 0.15) is 11.6 Å². The second-order valence-corrected chi connectivity index (χ2v) is 5.12. The van der Waals surface area contributed by atoms with Crippen LogP contribution in [-0.2, 0) is 11.2 Å². The number of aromatic nitrogens is 3. The first-order valence-electron chi connectivity index (χ1n) is 7.41.